The number of aromatic amines is 1. The zero-order valence-corrected chi connectivity index (χ0v) is 18.3. The van der Waals surface area contributed by atoms with Crippen LogP contribution < -0.4 is 16.0 Å². The van der Waals surface area contributed by atoms with Gasteiger partial charge in [-0.05, 0) is 30.5 Å². The van der Waals surface area contributed by atoms with Crippen LogP contribution in [0.15, 0.2) is 67.3 Å². The molecule has 0 unspecified atom stereocenters. The molecule has 1 amide bonds. The Balaban J connectivity index is 0.00000245. The summed E-state index contributed by atoms with van der Waals surface area (Å²) in [6.07, 6.45) is 8.95. The molecule has 5 rings (SSSR count). The molecule has 1 atom stereocenters. The Morgan fingerprint density at radius 1 is 1.16 bits per heavy atom. The average molecular weight is 449 g/mol. The van der Waals surface area contributed by atoms with Crippen LogP contribution in [0.25, 0.3) is 22.2 Å². The van der Waals surface area contributed by atoms with Gasteiger partial charge in [0.05, 0.1) is 22.3 Å². The number of anilines is 2. The molecule has 1 aliphatic heterocycles. The first-order chi connectivity index (χ1) is 15.2. The van der Waals surface area contributed by atoms with E-state index >= 15 is 0 Å². The van der Waals surface area contributed by atoms with E-state index in [0.717, 1.165) is 53.8 Å². The fourth-order valence-corrected chi connectivity index (χ4v) is 4.24. The average Bonchev–Trinajstić information content (AvgIpc) is 3.22. The number of nitrogens with two attached hydrogens (primary N) is 1. The molecule has 4 aromatic rings. The fourth-order valence-electron chi connectivity index (χ4n) is 4.24. The third-order valence-corrected chi connectivity index (χ3v) is 5.70. The van der Waals surface area contributed by atoms with E-state index in [1.807, 2.05) is 24.4 Å². The van der Waals surface area contributed by atoms with Crippen molar-refractivity contribution in [2.24, 2.45) is 5.73 Å². The number of fused-ring (bicyclic) bond motifs is 1. The summed E-state index contributed by atoms with van der Waals surface area (Å²) in [7, 11) is 0. The maximum absolute atomic E-state index is 12.8. The highest BCUT2D eigenvalue weighted by Gasteiger charge is 2.25. The van der Waals surface area contributed by atoms with E-state index in [9.17, 15) is 4.79 Å². The number of carbonyl (C=O) groups is 1. The summed E-state index contributed by atoms with van der Waals surface area (Å²) in [5.74, 6) is -0.208. The lowest BCUT2D eigenvalue weighted by Gasteiger charge is -2.34. The van der Waals surface area contributed by atoms with Crippen molar-refractivity contribution in [2.45, 2.75) is 18.9 Å². The Morgan fingerprint density at radius 2 is 2.00 bits per heavy atom. The number of hydrogen-bond acceptors (Lipinski definition) is 5. The van der Waals surface area contributed by atoms with Gasteiger partial charge < -0.3 is 20.9 Å². The van der Waals surface area contributed by atoms with Crippen LogP contribution in [-0.2, 0) is 0 Å². The van der Waals surface area contributed by atoms with Gasteiger partial charge in [0.1, 0.15) is 5.65 Å². The Kier molecular flexibility index (Phi) is 6.39. The predicted octanol–water partition coefficient (Wildman–Crippen LogP) is 4.23. The number of nitrogens with zero attached hydrogens (tertiary/aromatic N) is 3. The summed E-state index contributed by atoms with van der Waals surface area (Å²) in [4.78, 5) is 27.1. The molecule has 32 heavy (non-hydrogen) atoms. The molecule has 3 aromatic heterocycles. The molecule has 0 bridgehead atoms. The Morgan fingerprint density at radius 3 is 2.75 bits per heavy atom. The second kappa shape index (κ2) is 9.38. The summed E-state index contributed by atoms with van der Waals surface area (Å²) in [5, 5.41) is 3.94. The van der Waals surface area contributed by atoms with Crippen LogP contribution in [-0.4, -0.2) is 40.0 Å². The molecule has 0 radical (unpaired) electrons. The summed E-state index contributed by atoms with van der Waals surface area (Å²) >= 11 is 0. The number of pyridine rings is 2. The number of benzene rings is 1. The molecule has 0 aliphatic carbocycles. The molecule has 1 aromatic carbocycles. The topological polar surface area (TPSA) is 99.9 Å². The van der Waals surface area contributed by atoms with Crippen LogP contribution in [0.3, 0.4) is 0 Å². The first-order valence-electron chi connectivity index (χ1n) is 10.5. The summed E-state index contributed by atoms with van der Waals surface area (Å²) in [6, 6.07) is 13.8. The number of carbonyl (C=O) groups excluding carboxylic acids is 1. The van der Waals surface area contributed by atoms with E-state index in [0.29, 0.717) is 11.3 Å². The summed E-state index contributed by atoms with van der Waals surface area (Å²) in [5.41, 5.74) is 11.4. The number of aromatic nitrogens is 3. The number of H-pyrrole nitrogens is 1. The maximum atomic E-state index is 12.8. The van der Waals surface area contributed by atoms with Gasteiger partial charge in [-0.2, -0.15) is 0 Å². The van der Waals surface area contributed by atoms with Gasteiger partial charge in [-0.15, -0.1) is 12.4 Å². The fraction of sp³-hybridized carbons (Fsp3) is 0.208. The predicted molar refractivity (Wildman–Crippen MR) is 130 cm³/mol. The monoisotopic (exact) mass is 448 g/mol. The standard InChI is InChI=1S/C24H24N6O.ClH/c25-18-9-5-11-30(15-18)22-19(16-6-2-1-3-7-16)13-27-23-21(22)20(14-28-23)29-24(31)17-8-4-10-26-12-17;/h1-4,6-8,10,12-14,18H,5,9,11,15,25H2,(H,27,28)(H,29,31);1H/t18-;/m1./s1. The van der Waals surface area contributed by atoms with Gasteiger partial charge in [0.2, 0.25) is 0 Å². The van der Waals surface area contributed by atoms with E-state index in [1.54, 1.807) is 30.7 Å². The van der Waals surface area contributed by atoms with Crippen LogP contribution in [0.1, 0.15) is 23.2 Å². The Bertz CT molecular complexity index is 1210. The molecule has 164 valence electrons. The van der Waals surface area contributed by atoms with Crippen LogP contribution in [0.2, 0.25) is 0 Å². The van der Waals surface area contributed by atoms with Crippen molar-refractivity contribution in [2.75, 3.05) is 23.3 Å². The lowest BCUT2D eigenvalue weighted by atomic mass is 9.99. The van der Waals surface area contributed by atoms with Gasteiger partial charge >= 0.3 is 0 Å². The lowest BCUT2D eigenvalue weighted by molar-refractivity contribution is 0.102. The minimum absolute atomic E-state index is 0. The normalized spacial score (nSPS) is 15.9. The number of piperidine rings is 1. The molecule has 1 fully saturated rings. The van der Waals surface area contributed by atoms with Gasteiger partial charge in [0, 0.05) is 49.5 Å². The molecule has 7 nitrogen and oxygen atoms in total. The van der Waals surface area contributed by atoms with Gasteiger partial charge in [0.15, 0.2) is 0 Å². The molecular formula is C24H25ClN6O. The summed E-state index contributed by atoms with van der Waals surface area (Å²) < 4.78 is 0. The van der Waals surface area contributed by atoms with E-state index in [-0.39, 0.29) is 24.4 Å². The number of amides is 1. The van der Waals surface area contributed by atoms with Crippen LogP contribution >= 0.6 is 12.4 Å². The first-order valence-corrected chi connectivity index (χ1v) is 10.5. The number of hydrogen-bond donors (Lipinski definition) is 3. The van der Waals surface area contributed by atoms with Gasteiger partial charge in [0.25, 0.3) is 5.91 Å². The van der Waals surface area contributed by atoms with Gasteiger partial charge in [-0.1, -0.05) is 30.3 Å². The zero-order chi connectivity index (χ0) is 21.2. The molecule has 0 saturated carbocycles. The molecular weight excluding hydrogens is 424 g/mol. The van der Waals surface area contributed by atoms with E-state index in [1.165, 1.54) is 0 Å². The highest BCUT2D eigenvalue weighted by molar-refractivity contribution is 6.13. The van der Waals surface area contributed by atoms with E-state index in [4.69, 9.17) is 5.73 Å². The summed E-state index contributed by atoms with van der Waals surface area (Å²) in [6.45, 7) is 1.67. The molecule has 1 aliphatic rings. The van der Waals surface area contributed by atoms with Crippen molar-refractivity contribution >= 4 is 40.7 Å². The molecule has 4 heterocycles. The highest BCUT2D eigenvalue weighted by Crippen LogP contribution is 2.41. The quantitative estimate of drug-likeness (QED) is 0.434. The SMILES string of the molecule is Cl.N[C@@H]1CCCN(c2c(-c3ccccc3)cnc3[nH]cc(NC(=O)c4cccnc4)c23)C1. The minimum Gasteiger partial charge on any atom is -0.369 e. The number of nitrogens with one attached hydrogen (secondary N) is 2. The molecule has 1 saturated heterocycles. The van der Waals surface area contributed by atoms with Crippen molar-refractivity contribution < 1.29 is 4.79 Å². The van der Waals surface area contributed by atoms with E-state index < -0.39 is 0 Å². The smallest absolute Gasteiger partial charge is 0.257 e. The first kappa shape index (κ1) is 21.8. The van der Waals surface area contributed by atoms with Crippen LogP contribution in [0.5, 0.6) is 0 Å². The molecule has 0 spiro atoms. The maximum Gasteiger partial charge on any atom is 0.257 e. The van der Waals surface area contributed by atoms with Gasteiger partial charge in [-0.3, -0.25) is 9.78 Å². The third kappa shape index (κ3) is 4.17. The van der Waals surface area contributed by atoms with Crippen molar-refractivity contribution in [3.63, 3.8) is 0 Å². The van der Waals surface area contributed by atoms with Crippen molar-refractivity contribution in [1.29, 1.82) is 0 Å². The van der Waals surface area contributed by atoms with Crippen molar-refractivity contribution in [3.05, 3.63) is 72.8 Å². The number of rotatable bonds is 4. The largest absolute Gasteiger partial charge is 0.369 e. The second-order valence-corrected chi connectivity index (χ2v) is 7.86. The third-order valence-electron chi connectivity index (χ3n) is 5.70. The molecule has 4 N–H and O–H groups in total. The van der Waals surface area contributed by atoms with Gasteiger partial charge in [-0.25, -0.2) is 4.98 Å². The minimum atomic E-state index is -0.208. The van der Waals surface area contributed by atoms with Crippen LogP contribution in [0, 0.1) is 0 Å². The van der Waals surface area contributed by atoms with E-state index in [2.05, 4.69) is 37.3 Å². The second-order valence-electron chi connectivity index (χ2n) is 7.86. The highest BCUT2D eigenvalue weighted by atomic mass is 35.5. The van der Waals surface area contributed by atoms with Crippen molar-refractivity contribution in [3.8, 4) is 11.1 Å². The zero-order valence-electron chi connectivity index (χ0n) is 17.5. The lowest BCUT2D eigenvalue weighted by Crippen LogP contribution is -2.43. The van der Waals surface area contributed by atoms with Crippen molar-refractivity contribution in [1.82, 2.24) is 15.0 Å². The van der Waals surface area contributed by atoms with Crippen LogP contribution in [0.4, 0.5) is 11.4 Å². The molecule has 8 heteroatoms. The number of halogens is 1. The Hall–Kier alpha value is -3.42. The Labute approximate surface area is 192 Å².